The number of benzene rings is 1. The van der Waals surface area contributed by atoms with Crippen molar-refractivity contribution in [2.45, 2.75) is 25.0 Å². The molecule has 0 radical (unpaired) electrons. The van der Waals surface area contributed by atoms with Crippen LogP contribution < -0.4 is 16.0 Å². The summed E-state index contributed by atoms with van der Waals surface area (Å²) in [6.07, 6.45) is 2.61. The molecule has 2 heterocycles. The Labute approximate surface area is 166 Å². The van der Waals surface area contributed by atoms with Gasteiger partial charge in [0, 0.05) is 29.7 Å². The van der Waals surface area contributed by atoms with Crippen LogP contribution in [0.25, 0.3) is 10.9 Å². The number of nitrogen functional groups attached to an aromatic ring is 1. The highest BCUT2D eigenvalue weighted by Crippen LogP contribution is 2.25. The fourth-order valence-corrected chi connectivity index (χ4v) is 3.72. The van der Waals surface area contributed by atoms with Crippen LogP contribution in [0.4, 0.5) is 5.82 Å². The summed E-state index contributed by atoms with van der Waals surface area (Å²) in [5, 5.41) is 1.46. The molecule has 3 N–H and O–H groups in total. The zero-order valence-electron chi connectivity index (χ0n) is 15.7. The first-order valence-corrected chi connectivity index (χ1v) is 9.80. The molecule has 0 amide bonds. The van der Waals surface area contributed by atoms with Gasteiger partial charge < -0.3 is 24.8 Å². The molecule has 9 heteroatoms. The molecular weight excluding hydrogens is 380 g/mol. The number of hydrogen-bond donors (Lipinski definition) is 2. The lowest BCUT2D eigenvalue weighted by Crippen LogP contribution is -2.19. The summed E-state index contributed by atoms with van der Waals surface area (Å²) in [4.78, 5) is 30.7. The molecule has 0 saturated heterocycles. The van der Waals surface area contributed by atoms with Crippen molar-refractivity contribution in [1.82, 2.24) is 14.5 Å². The Bertz CT molecular complexity index is 1040. The third kappa shape index (κ3) is 4.48. The molecular formula is C19H22N4O4S. The molecule has 0 unspecified atom stereocenters. The summed E-state index contributed by atoms with van der Waals surface area (Å²) in [5.41, 5.74) is 7.72. The van der Waals surface area contributed by atoms with Crippen molar-refractivity contribution in [3.8, 4) is 5.75 Å². The van der Waals surface area contributed by atoms with E-state index in [1.54, 1.807) is 18.6 Å². The van der Waals surface area contributed by atoms with Gasteiger partial charge in [0.2, 0.25) is 0 Å². The van der Waals surface area contributed by atoms with Gasteiger partial charge in [-0.05, 0) is 37.1 Å². The fraction of sp³-hybridized carbons (Fsp3) is 0.316. The maximum atomic E-state index is 11.8. The van der Waals surface area contributed by atoms with Crippen LogP contribution in [-0.2, 0) is 22.5 Å². The lowest BCUT2D eigenvalue weighted by atomic mass is 10.1. The second-order valence-corrected chi connectivity index (χ2v) is 6.97. The second kappa shape index (κ2) is 8.83. The molecule has 0 fully saturated rings. The van der Waals surface area contributed by atoms with Crippen LogP contribution in [0.2, 0.25) is 0 Å². The summed E-state index contributed by atoms with van der Waals surface area (Å²) in [6.45, 7) is 2.56. The number of fused-ring (bicyclic) bond motifs is 1. The van der Waals surface area contributed by atoms with Crippen LogP contribution in [0, 0.1) is 0 Å². The average molecular weight is 402 g/mol. The van der Waals surface area contributed by atoms with Crippen LogP contribution in [-0.4, -0.2) is 40.0 Å². The summed E-state index contributed by atoms with van der Waals surface area (Å²) >= 11 is 1.14. The molecule has 2 aromatic heterocycles. The van der Waals surface area contributed by atoms with Gasteiger partial charge in [-0.25, -0.2) is 0 Å². The quantitative estimate of drug-likeness (QED) is 0.337. The van der Waals surface area contributed by atoms with Gasteiger partial charge in [0.1, 0.15) is 11.6 Å². The Morgan fingerprint density at radius 2 is 2.18 bits per heavy atom. The second-order valence-electron chi connectivity index (χ2n) is 6.02. The zero-order chi connectivity index (χ0) is 20.1. The van der Waals surface area contributed by atoms with E-state index in [4.69, 9.17) is 15.2 Å². The maximum Gasteiger partial charge on any atom is 0.316 e. The van der Waals surface area contributed by atoms with Crippen molar-refractivity contribution in [3.63, 3.8) is 0 Å². The number of nitrogens with two attached hydrogens (primary N) is 1. The van der Waals surface area contributed by atoms with Gasteiger partial charge in [-0.15, -0.1) is 0 Å². The van der Waals surface area contributed by atoms with E-state index in [0.29, 0.717) is 30.5 Å². The Hall–Kier alpha value is -2.94. The predicted molar refractivity (Wildman–Crippen MR) is 109 cm³/mol. The van der Waals surface area contributed by atoms with Gasteiger partial charge in [-0.1, -0.05) is 11.8 Å². The Morgan fingerprint density at radius 1 is 1.36 bits per heavy atom. The molecule has 0 atom stereocenters. The lowest BCUT2D eigenvalue weighted by Gasteiger charge is -2.14. The number of anilines is 1. The van der Waals surface area contributed by atoms with E-state index in [0.717, 1.165) is 34.0 Å². The van der Waals surface area contributed by atoms with Gasteiger partial charge >= 0.3 is 5.97 Å². The summed E-state index contributed by atoms with van der Waals surface area (Å²) < 4.78 is 12.0. The SMILES string of the molecule is CCOC(=O)CSc1nc(=O)cc(N)n1CCc1c[nH]c2ccc(OC)cc12. The number of rotatable bonds is 8. The van der Waals surface area contributed by atoms with Gasteiger partial charge in [-0.3, -0.25) is 9.59 Å². The highest BCUT2D eigenvalue weighted by molar-refractivity contribution is 7.99. The number of aromatic nitrogens is 3. The minimum Gasteiger partial charge on any atom is -0.497 e. The lowest BCUT2D eigenvalue weighted by molar-refractivity contribution is -0.139. The average Bonchev–Trinajstić information content (AvgIpc) is 3.07. The summed E-state index contributed by atoms with van der Waals surface area (Å²) in [7, 11) is 1.63. The van der Waals surface area contributed by atoms with E-state index in [1.807, 2.05) is 24.4 Å². The number of aromatic amines is 1. The monoisotopic (exact) mass is 402 g/mol. The summed E-state index contributed by atoms with van der Waals surface area (Å²) in [5.74, 6) is 0.792. The predicted octanol–water partition coefficient (Wildman–Crippen LogP) is 2.21. The number of carbonyl (C=O) groups excluding carboxylic acids is 1. The number of aryl methyl sites for hydroxylation is 1. The molecule has 0 aliphatic rings. The van der Waals surface area contributed by atoms with E-state index in [2.05, 4.69) is 9.97 Å². The number of nitrogens with zero attached hydrogens (tertiary/aromatic N) is 2. The molecule has 0 spiro atoms. The van der Waals surface area contributed by atoms with Crippen molar-refractivity contribution in [1.29, 1.82) is 0 Å². The van der Waals surface area contributed by atoms with Crippen molar-refractivity contribution in [2.75, 3.05) is 25.2 Å². The van der Waals surface area contributed by atoms with E-state index < -0.39 is 5.56 Å². The van der Waals surface area contributed by atoms with E-state index in [1.165, 1.54) is 6.07 Å². The first kappa shape index (κ1) is 19.8. The number of hydrogen-bond acceptors (Lipinski definition) is 7. The highest BCUT2D eigenvalue weighted by Gasteiger charge is 2.13. The van der Waals surface area contributed by atoms with E-state index in [-0.39, 0.29) is 11.7 Å². The molecule has 8 nitrogen and oxygen atoms in total. The highest BCUT2D eigenvalue weighted by atomic mass is 32.2. The maximum absolute atomic E-state index is 11.8. The van der Waals surface area contributed by atoms with Crippen molar-refractivity contribution >= 4 is 34.5 Å². The molecule has 0 aliphatic carbocycles. The van der Waals surface area contributed by atoms with Gasteiger partial charge in [0.05, 0.1) is 19.5 Å². The Balaban J connectivity index is 1.82. The molecule has 0 saturated carbocycles. The standard InChI is InChI=1S/C19H22N4O4S/c1-3-27-18(25)11-28-19-22-17(24)9-16(20)23(19)7-6-12-10-21-15-5-4-13(26-2)8-14(12)15/h4-5,8-10,21H,3,6-7,11,20H2,1-2H3. The van der Waals surface area contributed by atoms with E-state index >= 15 is 0 Å². The Kier molecular flexibility index (Phi) is 6.25. The minimum atomic E-state index is -0.433. The van der Waals surface area contributed by atoms with Gasteiger partial charge in [-0.2, -0.15) is 4.98 Å². The van der Waals surface area contributed by atoms with Gasteiger partial charge in [0.25, 0.3) is 5.56 Å². The fourth-order valence-electron chi connectivity index (χ4n) is 2.89. The van der Waals surface area contributed by atoms with Crippen LogP contribution in [0.3, 0.4) is 0 Å². The van der Waals surface area contributed by atoms with E-state index in [9.17, 15) is 9.59 Å². The number of thioether (sulfide) groups is 1. The van der Waals surface area contributed by atoms with Crippen molar-refractivity contribution in [3.05, 3.63) is 46.4 Å². The molecule has 148 valence electrons. The summed E-state index contributed by atoms with van der Waals surface area (Å²) in [6, 6.07) is 7.13. The third-order valence-electron chi connectivity index (χ3n) is 4.22. The number of ether oxygens (including phenoxy) is 2. The molecule has 3 aromatic rings. The van der Waals surface area contributed by atoms with Crippen LogP contribution >= 0.6 is 11.8 Å². The van der Waals surface area contributed by atoms with Crippen LogP contribution in [0.1, 0.15) is 12.5 Å². The molecule has 28 heavy (non-hydrogen) atoms. The zero-order valence-corrected chi connectivity index (χ0v) is 16.5. The number of methoxy groups -OCH3 is 1. The molecule has 1 aromatic carbocycles. The third-order valence-corrected chi connectivity index (χ3v) is 5.17. The first-order valence-electron chi connectivity index (χ1n) is 8.81. The van der Waals surface area contributed by atoms with Crippen molar-refractivity contribution < 1.29 is 14.3 Å². The first-order chi connectivity index (χ1) is 13.5. The molecule has 0 aliphatic heterocycles. The molecule has 0 bridgehead atoms. The Morgan fingerprint density at radius 3 is 2.93 bits per heavy atom. The number of nitrogens with one attached hydrogen (secondary N) is 1. The topological polar surface area (TPSA) is 112 Å². The minimum absolute atomic E-state index is 0.0635. The number of H-pyrrole nitrogens is 1. The smallest absolute Gasteiger partial charge is 0.316 e. The van der Waals surface area contributed by atoms with Gasteiger partial charge in [0.15, 0.2) is 5.16 Å². The largest absolute Gasteiger partial charge is 0.497 e. The van der Waals surface area contributed by atoms with Crippen LogP contribution in [0.15, 0.2) is 40.4 Å². The van der Waals surface area contributed by atoms with Crippen molar-refractivity contribution in [2.24, 2.45) is 0 Å². The number of esters is 1. The normalized spacial score (nSPS) is 10.9. The van der Waals surface area contributed by atoms with Crippen LogP contribution in [0.5, 0.6) is 5.75 Å². The molecule has 3 rings (SSSR count). The number of carbonyl (C=O) groups is 1.